The van der Waals surface area contributed by atoms with Crippen LogP contribution in [0.3, 0.4) is 0 Å². The molecule has 2 atom stereocenters. The molecule has 8 heteroatoms. The summed E-state index contributed by atoms with van der Waals surface area (Å²) < 4.78 is 17.3. The van der Waals surface area contributed by atoms with Crippen LogP contribution >= 0.6 is 0 Å². The molecule has 8 nitrogen and oxygen atoms in total. The molecule has 58 heavy (non-hydrogen) atoms. The molecule has 0 fully saturated rings. The molecule has 2 unspecified atom stereocenters. The first-order valence-electron chi connectivity index (χ1n) is 24.4. The van der Waals surface area contributed by atoms with Crippen LogP contribution in [0.5, 0.6) is 0 Å². The summed E-state index contributed by atoms with van der Waals surface area (Å²) in [4.78, 5) is 37.0. The molecule has 0 aromatic rings. The summed E-state index contributed by atoms with van der Waals surface area (Å²) in [5.74, 6) is -1.47. The lowest BCUT2D eigenvalue weighted by molar-refractivity contribution is -0.887. The summed E-state index contributed by atoms with van der Waals surface area (Å²) >= 11 is 0. The number of carbonyl (C=O) groups is 3. The van der Waals surface area contributed by atoms with Crippen molar-refractivity contribution in [3.63, 3.8) is 0 Å². The predicted octanol–water partition coefficient (Wildman–Crippen LogP) is 13.6. The van der Waals surface area contributed by atoms with E-state index >= 15 is 0 Å². The second-order valence-electron chi connectivity index (χ2n) is 17.7. The lowest BCUT2D eigenvalue weighted by atomic mass is 10.0. The van der Waals surface area contributed by atoms with Gasteiger partial charge in [-0.25, -0.2) is 4.79 Å². The van der Waals surface area contributed by atoms with Crippen LogP contribution < -0.4 is 0 Å². The number of allylic oxidation sites excluding steroid dienone is 4. The van der Waals surface area contributed by atoms with Crippen LogP contribution in [0.2, 0.25) is 0 Å². The Morgan fingerprint density at radius 2 is 0.931 bits per heavy atom. The maximum Gasteiger partial charge on any atom is 0.362 e. The SMILES string of the molecule is CCCC/C=C\C/C=C\CCCCCCCC(=O)OC(COCCC(C(=O)O)[N+](C)(C)C)COC(=O)CCCCCCCCCCCCCCCCCCCCCC. The number of hydrogen-bond donors (Lipinski definition) is 1. The lowest BCUT2D eigenvalue weighted by Gasteiger charge is -2.31. The summed E-state index contributed by atoms with van der Waals surface area (Å²) in [5, 5.41) is 9.63. The second kappa shape index (κ2) is 41.5. The van der Waals surface area contributed by atoms with Gasteiger partial charge in [0.15, 0.2) is 12.1 Å². The normalized spacial score (nSPS) is 13.1. The van der Waals surface area contributed by atoms with Crippen LogP contribution in [0.25, 0.3) is 0 Å². The molecular formula is C50H94NO7+. The molecule has 0 bridgehead atoms. The standard InChI is InChI=1S/C50H93NO7/c1-6-8-10-12-14-16-18-20-22-23-24-25-26-27-29-30-32-34-36-38-40-48(52)57-45-46(44-56-43-42-47(50(54)55)51(3,4)5)58-49(53)41-39-37-35-33-31-28-21-19-17-15-13-11-9-7-2/h13,15,19,21,46-47H,6-12,14,16-18,20,22-45H2,1-5H3/p+1/b15-13-,21-19-. The van der Waals surface area contributed by atoms with Gasteiger partial charge in [0.1, 0.15) is 6.61 Å². The first-order valence-corrected chi connectivity index (χ1v) is 24.4. The molecule has 0 amide bonds. The van der Waals surface area contributed by atoms with Crippen molar-refractivity contribution in [2.75, 3.05) is 41.0 Å². The molecule has 0 rings (SSSR count). The third-order valence-corrected chi connectivity index (χ3v) is 11.1. The van der Waals surface area contributed by atoms with Gasteiger partial charge in [-0.2, -0.15) is 0 Å². The minimum absolute atomic E-state index is 0.0521. The number of carboxylic acid groups (broad SMARTS) is 1. The average molecular weight is 821 g/mol. The Balaban J connectivity index is 4.23. The second-order valence-corrected chi connectivity index (χ2v) is 17.7. The van der Waals surface area contributed by atoms with Gasteiger partial charge in [0, 0.05) is 19.3 Å². The van der Waals surface area contributed by atoms with Gasteiger partial charge in [-0.3, -0.25) is 9.59 Å². The van der Waals surface area contributed by atoms with Crippen molar-refractivity contribution in [2.24, 2.45) is 0 Å². The van der Waals surface area contributed by atoms with Gasteiger partial charge in [0.25, 0.3) is 0 Å². The number of ether oxygens (including phenoxy) is 3. The van der Waals surface area contributed by atoms with Gasteiger partial charge in [-0.15, -0.1) is 0 Å². The third-order valence-electron chi connectivity index (χ3n) is 11.1. The minimum atomic E-state index is -0.875. The molecular weight excluding hydrogens is 727 g/mol. The molecule has 0 radical (unpaired) electrons. The van der Waals surface area contributed by atoms with E-state index in [9.17, 15) is 19.5 Å². The number of unbranched alkanes of at least 4 members (excludes halogenated alkanes) is 26. The number of esters is 2. The Hall–Kier alpha value is -2.19. The molecule has 0 saturated heterocycles. The lowest BCUT2D eigenvalue weighted by Crippen LogP contribution is -2.50. The number of quaternary nitrogens is 1. The number of carbonyl (C=O) groups excluding carboxylic acids is 2. The summed E-state index contributed by atoms with van der Waals surface area (Å²) in [6.07, 6.45) is 46.5. The van der Waals surface area contributed by atoms with E-state index in [1.165, 1.54) is 128 Å². The van der Waals surface area contributed by atoms with Gasteiger partial charge in [-0.1, -0.05) is 192 Å². The van der Waals surface area contributed by atoms with Gasteiger partial charge in [-0.05, 0) is 38.5 Å². The van der Waals surface area contributed by atoms with Crippen molar-refractivity contribution in [2.45, 2.75) is 238 Å². The zero-order valence-corrected chi connectivity index (χ0v) is 38.8. The Bertz CT molecular complexity index is 1000. The van der Waals surface area contributed by atoms with E-state index < -0.39 is 18.1 Å². The van der Waals surface area contributed by atoms with E-state index in [2.05, 4.69) is 38.2 Å². The monoisotopic (exact) mass is 821 g/mol. The smallest absolute Gasteiger partial charge is 0.362 e. The van der Waals surface area contributed by atoms with E-state index in [4.69, 9.17) is 14.2 Å². The third kappa shape index (κ3) is 39.3. The fourth-order valence-electron chi connectivity index (χ4n) is 7.29. The number of likely N-dealkylation sites (N-methyl/N-ethyl adjacent to an activating group) is 1. The van der Waals surface area contributed by atoms with Crippen LogP contribution in [-0.4, -0.2) is 80.6 Å². The number of nitrogens with zero attached hydrogens (tertiary/aromatic N) is 1. The number of rotatable bonds is 44. The minimum Gasteiger partial charge on any atom is -0.477 e. The predicted molar refractivity (Wildman–Crippen MR) is 243 cm³/mol. The molecule has 0 aliphatic carbocycles. The Morgan fingerprint density at radius 1 is 0.517 bits per heavy atom. The van der Waals surface area contributed by atoms with Crippen LogP contribution in [-0.2, 0) is 28.6 Å². The highest BCUT2D eigenvalue weighted by Gasteiger charge is 2.31. The quantitative estimate of drug-likeness (QED) is 0.0283. The van der Waals surface area contributed by atoms with Crippen molar-refractivity contribution in [3.8, 4) is 0 Å². The average Bonchev–Trinajstić information content (AvgIpc) is 3.18. The first kappa shape index (κ1) is 55.8. The summed E-state index contributed by atoms with van der Waals surface area (Å²) in [7, 11) is 5.53. The zero-order chi connectivity index (χ0) is 42.8. The van der Waals surface area contributed by atoms with E-state index in [-0.39, 0.29) is 36.2 Å². The Morgan fingerprint density at radius 3 is 1.38 bits per heavy atom. The van der Waals surface area contributed by atoms with Crippen molar-refractivity contribution in [1.82, 2.24) is 0 Å². The van der Waals surface area contributed by atoms with Gasteiger partial charge in [0.2, 0.25) is 0 Å². The molecule has 1 N–H and O–H groups in total. The molecule has 0 aliphatic rings. The fourth-order valence-corrected chi connectivity index (χ4v) is 7.29. The van der Waals surface area contributed by atoms with Crippen LogP contribution in [0.1, 0.15) is 226 Å². The molecule has 0 heterocycles. The summed E-state index contributed by atoms with van der Waals surface area (Å²) in [5.41, 5.74) is 0. The maximum absolute atomic E-state index is 12.7. The molecule has 0 aromatic heterocycles. The zero-order valence-electron chi connectivity index (χ0n) is 38.8. The summed E-state index contributed by atoms with van der Waals surface area (Å²) in [6.45, 7) is 4.71. The largest absolute Gasteiger partial charge is 0.477 e. The van der Waals surface area contributed by atoms with Crippen LogP contribution in [0.4, 0.5) is 0 Å². The molecule has 340 valence electrons. The topological polar surface area (TPSA) is 99.1 Å². The van der Waals surface area contributed by atoms with Crippen molar-refractivity contribution >= 4 is 17.9 Å². The van der Waals surface area contributed by atoms with Gasteiger partial charge < -0.3 is 23.8 Å². The fraction of sp³-hybridized carbons (Fsp3) is 0.860. The van der Waals surface area contributed by atoms with Crippen molar-refractivity contribution < 1.29 is 38.2 Å². The molecule has 0 saturated carbocycles. The highest BCUT2D eigenvalue weighted by Crippen LogP contribution is 2.16. The Kier molecular flexibility index (Phi) is 40.0. The highest BCUT2D eigenvalue weighted by molar-refractivity contribution is 5.72. The van der Waals surface area contributed by atoms with E-state index in [1.54, 1.807) is 0 Å². The molecule has 0 aromatic carbocycles. The van der Waals surface area contributed by atoms with Crippen LogP contribution in [0.15, 0.2) is 24.3 Å². The highest BCUT2D eigenvalue weighted by atomic mass is 16.6. The number of carboxylic acids is 1. The maximum atomic E-state index is 12.7. The van der Waals surface area contributed by atoms with E-state index in [1.807, 2.05) is 21.1 Å². The van der Waals surface area contributed by atoms with Crippen LogP contribution in [0, 0.1) is 0 Å². The molecule has 0 spiro atoms. The van der Waals surface area contributed by atoms with E-state index in [0.717, 1.165) is 64.2 Å². The van der Waals surface area contributed by atoms with Gasteiger partial charge >= 0.3 is 17.9 Å². The first-order chi connectivity index (χ1) is 28.1. The summed E-state index contributed by atoms with van der Waals surface area (Å²) in [6, 6.07) is -0.614. The van der Waals surface area contributed by atoms with Gasteiger partial charge in [0.05, 0.1) is 34.4 Å². The number of aliphatic carboxylic acids is 1. The molecule has 0 aliphatic heterocycles. The van der Waals surface area contributed by atoms with E-state index in [0.29, 0.717) is 19.3 Å². The van der Waals surface area contributed by atoms with Crippen molar-refractivity contribution in [1.29, 1.82) is 0 Å². The number of hydrogen-bond acceptors (Lipinski definition) is 6. The van der Waals surface area contributed by atoms with Crippen molar-refractivity contribution in [3.05, 3.63) is 24.3 Å². The Labute approximate surface area is 358 Å².